The van der Waals surface area contributed by atoms with Crippen molar-refractivity contribution in [2.75, 3.05) is 0 Å². The Labute approximate surface area is 148 Å². The number of nitrogens with one attached hydrogen (secondary N) is 1. The Bertz CT molecular complexity index is 1080. The van der Waals surface area contributed by atoms with Crippen LogP contribution < -0.4 is 5.32 Å². The lowest BCUT2D eigenvalue weighted by molar-refractivity contribution is 0.0946. The molecule has 7 nitrogen and oxygen atoms in total. The van der Waals surface area contributed by atoms with Gasteiger partial charge in [-0.05, 0) is 25.1 Å². The number of carbonyl (C=O) groups excluding carboxylic acids is 1. The van der Waals surface area contributed by atoms with E-state index in [0.29, 0.717) is 34.0 Å². The Morgan fingerprint density at radius 1 is 1.19 bits per heavy atom. The Hall–Kier alpha value is -3.61. The van der Waals surface area contributed by atoms with Gasteiger partial charge < -0.3 is 19.4 Å². The molecule has 4 rings (SSSR count). The van der Waals surface area contributed by atoms with Gasteiger partial charge in [-0.25, -0.2) is 0 Å². The van der Waals surface area contributed by atoms with Crippen LogP contribution in [0, 0.1) is 6.92 Å². The predicted molar refractivity (Wildman–Crippen MR) is 93.5 cm³/mol. The van der Waals surface area contributed by atoms with E-state index in [0.717, 1.165) is 5.56 Å². The van der Waals surface area contributed by atoms with Gasteiger partial charge in [0.15, 0.2) is 0 Å². The molecule has 0 radical (unpaired) electrons. The lowest BCUT2D eigenvalue weighted by atomic mass is 10.1. The van der Waals surface area contributed by atoms with E-state index in [1.807, 2.05) is 30.3 Å². The minimum absolute atomic E-state index is 0.0664. The summed E-state index contributed by atoms with van der Waals surface area (Å²) in [7, 11) is 0. The van der Waals surface area contributed by atoms with E-state index in [-0.39, 0.29) is 18.2 Å². The highest BCUT2D eigenvalue weighted by Gasteiger charge is 2.19. The molecule has 0 aliphatic heterocycles. The lowest BCUT2D eigenvalue weighted by Crippen LogP contribution is -2.23. The summed E-state index contributed by atoms with van der Waals surface area (Å²) in [6.07, 6.45) is 0. The highest BCUT2D eigenvalue weighted by Crippen LogP contribution is 2.28. The molecule has 2 aromatic carbocycles. The van der Waals surface area contributed by atoms with Crippen molar-refractivity contribution in [2.45, 2.75) is 13.5 Å². The third kappa shape index (κ3) is 2.90. The SMILES string of the molecule is Cc1oc2ccc(O)cc2c1C(=O)NCc1nc(-c2ccccc2)no1. The number of nitrogens with zero attached hydrogens (tertiary/aromatic N) is 2. The van der Waals surface area contributed by atoms with Crippen molar-refractivity contribution in [1.82, 2.24) is 15.5 Å². The van der Waals surface area contributed by atoms with Gasteiger partial charge in [-0.2, -0.15) is 4.98 Å². The van der Waals surface area contributed by atoms with E-state index in [4.69, 9.17) is 8.94 Å². The summed E-state index contributed by atoms with van der Waals surface area (Å²) in [5, 5.41) is 16.9. The number of rotatable bonds is 4. The number of phenols is 1. The second-order valence-corrected chi connectivity index (χ2v) is 5.77. The third-order valence-electron chi connectivity index (χ3n) is 3.97. The zero-order valence-electron chi connectivity index (χ0n) is 13.9. The fourth-order valence-corrected chi connectivity index (χ4v) is 2.77. The maximum Gasteiger partial charge on any atom is 0.255 e. The average Bonchev–Trinajstić information content (AvgIpc) is 3.24. The maximum absolute atomic E-state index is 12.6. The van der Waals surface area contributed by atoms with E-state index < -0.39 is 0 Å². The van der Waals surface area contributed by atoms with Crippen molar-refractivity contribution < 1.29 is 18.8 Å². The van der Waals surface area contributed by atoms with Crippen molar-refractivity contribution in [3.05, 3.63) is 65.7 Å². The average molecular weight is 349 g/mol. The second kappa shape index (κ2) is 6.36. The zero-order chi connectivity index (χ0) is 18.1. The molecular weight excluding hydrogens is 334 g/mol. The van der Waals surface area contributed by atoms with Gasteiger partial charge in [0, 0.05) is 10.9 Å². The normalized spacial score (nSPS) is 11.0. The molecule has 0 fully saturated rings. The molecule has 0 bridgehead atoms. The number of fused-ring (bicyclic) bond motifs is 1. The van der Waals surface area contributed by atoms with Crippen molar-refractivity contribution in [2.24, 2.45) is 0 Å². The van der Waals surface area contributed by atoms with Crippen LogP contribution in [0.2, 0.25) is 0 Å². The molecule has 0 saturated carbocycles. The summed E-state index contributed by atoms with van der Waals surface area (Å²) in [6, 6.07) is 14.1. The summed E-state index contributed by atoms with van der Waals surface area (Å²) in [4.78, 5) is 16.8. The maximum atomic E-state index is 12.6. The van der Waals surface area contributed by atoms with Crippen molar-refractivity contribution >= 4 is 16.9 Å². The zero-order valence-corrected chi connectivity index (χ0v) is 13.9. The quantitative estimate of drug-likeness (QED) is 0.585. The van der Waals surface area contributed by atoms with E-state index in [9.17, 15) is 9.90 Å². The molecule has 0 aliphatic rings. The molecule has 2 aromatic heterocycles. The first-order valence-corrected chi connectivity index (χ1v) is 8.00. The van der Waals surface area contributed by atoms with Crippen LogP contribution in [0.5, 0.6) is 5.75 Å². The third-order valence-corrected chi connectivity index (χ3v) is 3.97. The molecule has 7 heteroatoms. The number of aryl methyl sites for hydroxylation is 1. The van der Waals surface area contributed by atoms with Crippen LogP contribution >= 0.6 is 0 Å². The molecule has 130 valence electrons. The van der Waals surface area contributed by atoms with Crippen molar-refractivity contribution in [1.29, 1.82) is 0 Å². The minimum atomic E-state index is -0.341. The van der Waals surface area contributed by atoms with Gasteiger partial charge in [0.25, 0.3) is 5.91 Å². The summed E-state index contributed by atoms with van der Waals surface area (Å²) in [5.74, 6) is 0.955. The Morgan fingerprint density at radius 2 is 2.00 bits per heavy atom. The highest BCUT2D eigenvalue weighted by molar-refractivity contribution is 6.07. The summed E-state index contributed by atoms with van der Waals surface area (Å²) < 4.78 is 10.8. The number of phenolic OH excluding ortho intramolecular Hbond substituents is 1. The van der Waals surface area contributed by atoms with Gasteiger partial charge in [0.1, 0.15) is 17.1 Å². The van der Waals surface area contributed by atoms with Crippen LogP contribution in [-0.4, -0.2) is 21.2 Å². The number of benzene rings is 2. The van der Waals surface area contributed by atoms with Crippen LogP contribution in [-0.2, 0) is 6.54 Å². The predicted octanol–water partition coefficient (Wildman–Crippen LogP) is 3.43. The highest BCUT2D eigenvalue weighted by atomic mass is 16.5. The molecular formula is C19H15N3O4. The first kappa shape index (κ1) is 15.9. The monoisotopic (exact) mass is 349 g/mol. The van der Waals surface area contributed by atoms with E-state index in [2.05, 4.69) is 15.5 Å². The van der Waals surface area contributed by atoms with Gasteiger partial charge in [-0.1, -0.05) is 35.5 Å². The number of amides is 1. The van der Waals surface area contributed by atoms with Gasteiger partial charge in [-0.15, -0.1) is 0 Å². The lowest BCUT2D eigenvalue weighted by Gasteiger charge is -2.01. The Kier molecular flexibility index (Phi) is 3.89. The van der Waals surface area contributed by atoms with Crippen molar-refractivity contribution in [3.63, 3.8) is 0 Å². The fraction of sp³-hybridized carbons (Fsp3) is 0.105. The molecule has 0 atom stereocenters. The molecule has 4 aromatic rings. The van der Waals surface area contributed by atoms with Crippen LogP contribution in [0.25, 0.3) is 22.4 Å². The van der Waals surface area contributed by atoms with Crippen LogP contribution in [0.4, 0.5) is 0 Å². The van der Waals surface area contributed by atoms with Gasteiger partial charge >= 0.3 is 0 Å². The second-order valence-electron chi connectivity index (χ2n) is 5.77. The number of furan rings is 1. The van der Waals surface area contributed by atoms with E-state index in [1.165, 1.54) is 12.1 Å². The van der Waals surface area contributed by atoms with Gasteiger partial charge in [-0.3, -0.25) is 4.79 Å². The molecule has 1 amide bonds. The molecule has 0 unspecified atom stereocenters. The summed E-state index contributed by atoms with van der Waals surface area (Å²) >= 11 is 0. The van der Waals surface area contributed by atoms with E-state index >= 15 is 0 Å². The number of hydrogen-bond acceptors (Lipinski definition) is 6. The molecule has 0 spiro atoms. The van der Waals surface area contributed by atoms with Crippen LogP contribution in [0.3, 0.4) is 0 Å². The van der Waals surface area contributed by atoms with Gasteiger partial charge in [0.05, 0.1) is 12.1 Å². The van der Waals surface area contributed by atoms with Crippen molar-refractivity contribution in [3.8, 4) is 17.1 Å². The summed E-state index contributed by atoms with van der Waals surface area (Å²) in [5.41, 5.74) is 1.74. The molecule has 0 aliphatic carbocycles. The summed E-state index contributed by atoms with van der Waals surface area (Å²) in [6.45, 7) is 1.79. The van der Waals surface area contributed by atoms with E-state index in [1.54, 1.807) is 13.0 Å². The Balaban J connectivity index is 1.52. The number of aromatic hydroxyl groups is 1. The number of aromatic nitrogens is 2. The largest absolute Gasteiger partial charge is 0.508 e. The first-order valence-electron chi connectivity index (χ1n) is 8.00. The number of carbonyl (C=O) groups is 1. The minimum Gasteiger partial charge on any atom is -0.508 e. The molecule has 0 saturated heterocycles. The smallest absolute Gasteiger partial charge is 0.255 e. The van der Waals surface area contributed by atoms with Crippen LogP contribution in [0.15, 0.2) is 57.5 Å². The van der Waals surface area contributed by atoms with Crippen LogP contribution in [0.1, 0.15) is 22.0 Å². The molecule has 2 heterocycles. The topological polar surface area (TPSA) is 101 Å². The fourth-order valence-electron chi connectivity index (χ4n) is 2.77. The number of hydrogen-bond donors (Lipinski definition) is 2. The molecule has 2 N–H and O–H groups in total. The standard InChI is InChI=1S/C19H15N3O4/c1-11-17(14-9-13(23)7-8-15(14)25-11)19(24)20-10-16-21-18(22-26-16)12-5-3-2-4-6-12/h2-9,23H,10H2,1H3,(H,20,24). The Morgan fingerprint density at radius 3 is 2.81 bits per heavy atom. The molecule has 26 heavy (non-hydrogen) atoms. The van der Waals surface area contributed by atoms with Gasteiger partial charge in [0.2, 0.25) is 11.7 Å². The first-order chi connectivity index (χ1) is 12.6.